The molecule has 7 heteroatoms. The molecule has 0 bridgehead atoms. The molecule has 3 aromatic carbocycles. The smallest absolute Gasteiger partial charge is 0.266 e. The molecule has 196 valence electrons. The van der Waals surface area contributed by atoms with E-state index in [2.05, 4.69) is 26.1 Å². The molecule has 4 atom stereocenters. The van der Waals surface area contributed by atoms with Gasteiger partial charge in [0.15, 0.2) is 0 Å². The van der Waals surface area contributed by atoms with Gasteiger partial charge in [0.25, 0.3) is 5.56 Å². The summed E-state index contributed by atoms with van der Waals surface area (Å²) in [7, 11) is 0. The van der Waals surface area contributed by atoms with Crippen molar-refractivity contribution in [3.63, 3.8) is 0 Å². The van der Waals surface area contributed by atoms with E-state index in [0.29, 0.717) is 40.4 Å². The van der Waals surface area contributed by atoms with Crippen LogP contribution >= 0.6 is 0 Å². The Kier molecular flexibility index (Phi) is 5.19. The predicted molar refractivity (Wildman–Crippen MR) is 150 cm³/mol. The molecule has 4 heterocycles. The number of rotatable bonds is 4. The first-order chi connectivity index (χ1) is 18.9. The molecular formula is C32H30N4O3. The summed E-state index contributed by atoms with van der Waals surface area (Å²) < 4.78 is 1.65. The van der Waals surface area contributed by atoms with Gasteiger partial charge in [-0.15, -0.1) is 0 Å². The molecule has 2 fully saturated rings. The quantitative estimate of drug-likeness (QED) is 0.407. The average Bonchev–Trinajstić information content (AvgIpc) is 3.51. The average molecular weight is 519 g/mol. The molecule has 0 aliphatic carbocycles. The molecule has 2 saturated heterocycles. The molecule has 39 heavy (non-hydrogen) atoms. The highest BCUT2D eigenvalue weighted by atomic mass is 16.2. The first kappa shape index (κ1) is 24.0. The van der Waals surface area contributed by atoms with Gasteiger partial charge in [-0.2, -0.15) is 0 Å². The van der Waals surface area contributed by atoms with Crippen LogP contribution < -0.4 is 15.8 Å². The van der Waals surface area contributed by atoms with Gasteiger partial charge in [-0.3, -0.25) is 24.3 Å². The predicted octanol–water partition coefficient (Wildman–Crippen LogP) is 4.33. The molecule has 0 radical (unpaired) electrons. The van der Waals surface area contributed by atoms with Gasteiger partial charge in [0.1, 0.15) is 11.4 Å². The largest absolute Gasteiger partial charge is 0.297 e. The standard InChI is InChI=1S/C32H30N4O3/c1-4-19-13-15-20(16-14-19)35-29(38)26-24(17-18(2)3)34-32(27(26)30(35)39)22-10-6-8-12-25(22)36-28(37)21-9-5-7-11-23(21)33-31(32)36/h5-16,18,24,26-27,34H,4,17H2,1-3H3/t24-,26-,27+,32+/m0/s1. The number of amides is 2. The summed E-state index contributed by atoms with van der Waals surface area (Å²) in [4.78, 5) is 48.9. The minimum absolute atomic E-state index is 0.172. The van der Waals surface area contributed by atoms with Gasteiger partial charge in [0, 0.05) is 11.6 Å². The summed E-state index contributed by atoms with van der Waals surface area (Å²) in [5, 5.41) is 4.29. The lowest BCUT2D eigenvalue weighted by Gasteiger charge is -2.32. The van der Waals surface area contributed by atoms with Gasteiger partial charge in [-0.05, 0) is 54.7 Å². The zero-order chi connectivity index (χ0) is 27.1. The fourth-order valence-electron chi connectivity index (χ4n) is 7.06. The zero-order valence-electron chi connectivity index (χ0n) is 22.2. The Labute approximate surface area is 226 Å². The minimum Gasteiger partial charge on any atom is -0.297 e. The van der Waals surface area contributed by atoms with Crippen LogP contribution in [0.2, 0.25) is 0 Å². The van der Waals surface area contributed by atoms with Crippen LogP contribution in [-0.4, -0.2) is 27.4 Å². The number of nitrogens with one attached hydrogen (secondary N) is 1. The molecule has 4 aromatic rings. The van der Waals surface area contributed by atoms with Crippen LogP contribution in [0.4, 0.5) is 5.69 Å². The number of imide groups is 1. The Balaban J connectivity index is 1.49. The summed E-state index contributed by atoms with van der Waals surface area (Å²) in [6.45, 7) is 6.32. The number of anilines is 1. The first-order valence-electron chi connectivity index (χ1n) is 13.7. The summed E-state index contributed by atoms with van der Waals surface area (Å²) in [5.74, 6) is -0.973. The van der Waals surface area contributed by atoms with Crippen LogP contribution in [0, 0.1) is 17.8 Å². The van der Waals surface area contributed by atoms with Gasteiger partial charge in [0.05, 0.1) is 34.1 Å². The Morgan fingerprint density at radius 3 is 2.38 bits per heavy atom. The minimum atomic E-state index is -1.10. The van der Waals surface area contributed by atoms with Gasteiger partial charge in [-0.1, -0.05) is 63.2 Å². The number of carbonyl (C=O) groups is 2. The zero-order valence-corrected chi connectivity index (χ0v) is 22.2. The molecule has 7 rings (SSSR count). The van der Waals surface area contributed by atoms with Crippen molar-refractivity contribution >= 4 is 28.4 Å². The normalized spacial score (nSPS) is 25.1. The summed E-state index contributed by atoms with van der Waals surface area (Å²) in [6, 6.07) is 22.4. The van der Waals surface area contributed by atoms with E-state index < -0.39 is 17.4 Å². The van der Waals surface area contributed by atoms with E-state index in [0.717, 1.165) is 17.5 Å². The number of hydrogen-bond acceptors (Lipinski definition) is 5. The third-order valence-electron chi connectivity index (χ3n) is 8.69. The number of carbonyl (C=O) groups excluding carboxylic acids is 2. The van der Waals surface area contributed by atoms with E-state index in [4.69, 9.17) is 4.98 Å². The second-order valence-corrected chi connectivity index (χ2v) is 11.3. The highest BCUT2D eigenvalue weighted by Crippen LogP contribution is 2.56. The summed E-state index contributed by atoms with van der Waals surface area (Å²) >= 11 is 0. The number of benzene rings is 3. The Hall–Kier alpha value is -4.10. The maximum absolute atomic E-state index is 14.5. The summed E-state index contributed by atoms with van der Waals surface area (Å²) in [5.41, 5.74) is 2.56. The monoisotopic (exact) mass is 518 g/mol. The lowest BCUT2D eigenvalue weighted by molar-refractivity contribution is -0.123. The third-order valence-corrected chi connectivity index (χ3v) is 8.69. The number of fused-ring (bicyclic) bond motifs is 8. The van der Waals surface area contributed by atoms with E-state index in [1.54, 1.807) is 10.6 Å². The number of aryl methyl sites for hydroxylation is 1. The van der Waals surface area contributed by atoms with E-state index >= 15 is 0 Å². The van der Waals surface area contributed by atoms with Crippen LogP contribution in [0.25, 0.3) is 16.6 Å². The molecule has 3 aliphatic rings. The van der Waals surface area contributed by atoms with Gasteiger partial charge in [-0.25, -0.2) is 9.88 Å². The molecule has 1 N–H and O–H groups in total. The lowest BCUT2D eigenvalue weighted by atomic mass is 9.75. The maximum Gasteiger partial charge on any atom is 0.266 e. The SMILES string of the molecule is CCc1ccc(N2C(=O)[C@H]3[C@H](CC(C)C)N[C@]4(c5ccccc5-n5c4nc4ccccc4c5=O)[C@H]3C2=O)cc1. The Morgan fingerprint density at radius 1 is 0.923 bits per heavy atom. The molecule has 1 spiro atoms. The van der Waals surface area contributed by atoms with E-state index in [9.17, 15) is 14.4 Å². The van der Waals surface area contributed by atoms with E-state index in [1.165, 1.54) is 4.90 Å². The highest BCUT2D eigenvalue weighted by molar-refractivity contribution is 6.23. The molecule has 3 aliphatic heterocycles. The second-order valence-electron chi connectivity index (χ2n) is 11.3. The topological polar surface area (TPSA) is 84.3 Å². The lowest BCUT2D eigenvalue weighted by Crippen LogP contribution is -2.50. The first-order valence-corrected chi connectivity index (χ1v) is 13.7. The summed E-state index contributed by atoms with van der Waals surface area (Å²) in [6.07, 6.45) is 1.59. The second kappa shape index (κ2) is 8.45. The van der Waals surface area contributed by atoms with E-state index in [1.807, 2.05) is 66.7 Å². The van der Waals surface area contributed by atoms with Crippen molar-refractivity contribution in [2.45, 2.75) is 45.2 Å². The van der Waals surface area contributed by atoms with Crippen LogP contribution in [0.1, 0.15) is 44.1 Å². The van der Waals surface area contributed by atoms with Crippen LogP contribution in [-0.2, 0) is 21.5 Å². The Bertz CT molecular complexity index is 1720. The van der Waals surface area contributed by atoms with Gasteiger partial charge < -0.3 is 0 Å². The highest BCUT2D eigenvalue weighted by Gasteiger charge is 2.69. The molecule has 7 nitrogen and oxygen atoms in total. The fourth-order valence-corrected chi connectivity index (χ4v) is 7.06. The van der Waals surface area contributed by atoms with Crippen molar-refractivity contribution < 1.29 is 9.59 Å². The van der Waals surface area contributed by atoms with Crippen molar-refractivity contribution in [2.75, 3.05) is 4.90 Å². The van der Waals surface area contributed by atoms with E-state index in [-0.39, 0.29) is 23.4 Å². The van der Waals surface area contributed by atoms with Crippen molar-refractivity contribution in [1.29, 1.82) is 0 Å². The van der Waals surface area contributed by atoms with Crippen LogP contribution in [0.15, 0.2) is 77.6 Å². The third kappa shape index (κ3) is 3.13. The van der Waals surface area contributed by atoms with Crippen molar-refractivity contribution in [3.8, 4) is 5.69 Å². The van der Waals surface area contributed by atoms with Crippen molar-refractivity contribution in [1.82, 2.24) is 14.9 Å². The number of hydrogen-bond donors (Lipinski definition) is 1. The molecule has 0 saturated carbocycles. The molecule has 2 amide bonds. The number of para-hydroxylation sites is 2. The van der Waals surface area contributed by atoms with Crippen molar-refractivity contribution in [2.24, 2.45) is 17.8 Å². The molecule has 1 aromatic heterocycles. The van der Waals surface area contributed by atoms with Crippen LogP contribution in [0.5, 0.6) is 0 Å². The van der Waals surface area contributed by atoms with Crippen molar-refractivity contribution in [3.05, 3.63) is 100 Å². The van der Waals surface area contributed by atoms with Crippen LogP contribution in [0.3, 0.4) is 0 Å². The Morgan fingerprint density at radius 2 is 1.64 bits per heavy atom. The number of aromatic nitrogens is 2. The molecule has 0 unspecified atom stereocenters. The number of nitrogens with zero attached hydrogens (tertiary/aromatic N) is 3. The van der Waals surface area contributed by atoms with Gasteiger partial charge >= 0.3 is 0 Å². The molecular weight excluding hydrogens is 488 g/mol. The maximum atomic E-state index is 14.5. The fraction of sp³-hybridized carbons (Fsp3) is 0.312. The van der Waals surface area contributed by atoms with Gasteiger partial charge in [0.2, 0.25) is 11.8 Å².